The van der Waals surface area contributed by atoms with E-state index >= 15 is 0 Å². The van der Waals surface area contributed by atoms with Crippen molar-refractivity contribution in [2.75, 3.05) is 7.11 Å². The third-order valence-corrected chi connectivity index (χ3v) is 2.25. The molecule has 0 N–H and O–H groups in total. The number of nitrogens with zero attached hydrogens (tertiary/aromatic N) is 3. The zero-order valence-electron chi connectivity index (χ0n) is 9.01. The minimum absolute atomic E-state index is 0.113. The Kier molecular flexibility index (Phi) is 2.97. The third kappa shape index (κ3) is 2.06. The summed E-state index contributed by atoms with van der Waals surface area (Å²) >= 11 is 0. The molecule has 84 valence electrons. The molecule has 0 radical (unpaired) electrons. The minimum Gasteiger partial charge on any atom is -0.480 e. The quantitative estimate of drug-likeness (QED) is 0.740. The Morgan fingerprint density at radius 1 is 1.35 bits per heavy atom. The van der Waals surface area contributed by atoms with E-state index in [0.29, 0.717) is 5.56 Å². The maximum atomic E-state index is 13.3. The first kappa shape index (κ1) is 11.0. The summed E-state index contributed by atoms with van der Waals surface area (Å²) in [6.45, 7) is 0. The molecule has 0 aliphatic heterocycles. The van der Waals surface area contributed by atoms with Crippen molar-refractivity contribution in [2.45, 2.75) is 0 Å². The molecule has 5 heteroatoms. The number of rotatable bonds is 2. The Bertz CT molecular complexity index is 578. The Balaban J connectivity index is 2.65. The molecule has 0 fully saturated rings. The van der Waals surface area contributed by atoms with Crippen molar-refractivity contribution in [3.05, 3.63) is 42.1 Å². The molecule has 2 rings (SSSR count). The Hall–Kier alpha value is -2.48. The first-order valence-corrected chi connectivity index (χ1v) is 4.81. The van der Waals surface area contributed by atoms with Gasteiger partial charge in [0.1, 0.15) is 11.6 Å². The van der Waals surface area contributed by atoms with Gasteiger partial charge in [0.05, 0.1) is 7.11 Å². The van der Waals surface area contributed by atoms with Crippen LogP contribution in [0.5, 0.6) is 5.88 Å². The molecule has 0 aliphatic carbocycles. The van der Waals surface area contributed by atoms with Gasteiger partial charge in [0.2, 0.25) is 11.8 Å². The molecule has 0 saturated heterocycles. The standard InChI is InChI=1S/C12H8FN3O/c1-17-12-10(8-2-4-15-5-3-8)6-9(7-14)11(13)16-12/h2-6H,1H3. The van der Waals surface area contributed by atoms with Gasteiger partial charge in [-0.25, -0.2) is 0 Å². The van der Waals surface area contributed by atoms with E-state index in [9.17, 15) is 4.39 Å². The molecular weight excluding hydrogens is 221 g/mol. The van der Waals surface area contributed by atoms with Crippen LogP contribution in [0.1, 0.15) is 5.56 Å². The summed E-state index contributed by atoms with van der Waals surface area (Å²) < 4.78 is 18.3. The van der Waals surface area contributed by atoms with Crippen LogP contribution in [0.4, 0.5) is 4.39 Å². The molecule has 0 unspecified atom stereocenters. The maximum absolute atomic E-state index is 13.3. The molecule has 2 heterocycles. The van der Waals surface area contributed by atoms with Crippen LogP contribution in [0.25, 0.3) is 11.1 Å². The SMILES string of the molecule is COc1nc(F)c(C#N)cc1-c1ccncc1. The van der Waals surface area contributed by atoms with Crippen molar-refractivity contribution >= 4 is 0 Å². The van der Waals surface area contributed by atoms with Crippen LogP contribution in [0.2, 0.25) is 0 Å². The second-order valence-electron chi connectivity index (χ2n) is 3.23. The van der Waals surface area contributed by atoms with Gasteiger partial charge in [-0.15, -0.1) is 0 Å². The summed E-state index contributed by atoms with van der Waals surface area (Å²) in [5.74, 6) is -0.685. The van der Waals surface area contributed by atoms with Crippen molar-refractivity contribution in [2.24, 2.45) is 0 Å². The lowest BCUT2D eigenvalue weighted by atomic mass is 10.1. The number of pyridine rings is 2. The number of hydrogen-bond acceptors (Lipinski definition) is 4. The molecule has 2 aromatic rings. The average Bonchev–Trinajstić information content (AvgIpc) is 2.39. The zero-order chi connectivity index (χ0) is 12.3. The molecule has 17 heavy (non-hydrogen) atoms. The van der Waals surface area contributed by atoms with Crippen molar-refractivity contribution < 1.29 is 9.13 Å². The van der Waals surface area contributed by atoms with E-state index in [1.807, 2.05) is 0 Å². The number of methoxy groups -OCH3 is 1. The van der Waals surface area contributed by atoms with Gasteiger partial charge in [-0.3, -0.25) is 4.98 Å². The maximum Gasteiger partial charge on any atom is 0.234 e. The number of nitriles is 1. The summed E-state index contributed by atoms with van der Waals surface area (Å²) in [4.78, 5) is 7.49. The molecule has 0 amide bonds. The lowest BCUT2D eigenvalue weighted by molar-refractivity contribution is 0.389. The van der Waals surface area contributed by atoms with Gasteiger partial charge in [0.15, 0.2) is 0 Å². The fraction of sp³-hybridized carbons (Fsp3) is 0.0833. The number of ether oxygens (including phenoxy) is 1. The Morgan fingerprint density at radius 3 is 2.65 bits per heavy atom. The van der Waals surface area contributed by atoms with Gasteiger partial charge in [0.25, 0.3) is 0 Å². The number of hydrogen-bond donors (Lipinski definition) is 0. The normalized spacial score (nSPS) is 9.71. The summed E-state index contributed by atoms with van der Waals surface area (Å²) in [5, 5.41) is 8.77. The topological polar surface area (TPSA) is 58.8 Å². The van der Waals surface area contributed by atoms with E-state index in [4.69, 9.17) is 10.00 Å². The predicted octanol–water partition coefficient (Wildman–Crippen LogP) is 2.16. The van der Waals surface area contributed by atoms with E-state index in [1.165, 1.54) is 13.2 Å². The van der Waals surface area contributed by atoms with Gasteiger partial charge in [0, 0.05) is 18.0 Å². The van der Waals surface area contributed by atoms with Crippen LogP contribution in [0.15, 0.2) is 30.6 Å². The predicted molar refractivity (Wildman–Crippen MR) is 58.7 cm³/mol. The van der Waals surface area contributed by atoms with Crippen LogP contribution in [-0.4, -0.2) is 17.1 Å². The highest BCUT2D eigenvalue weighted by Crippen LogP contribution is 2.29. The second-order valence-corrected chi connectivity index (χ2v) is 3.23. The molecule has 0 saturated carbocycles. The van der Waals surface area contributed by atoms with Crippen LogP contribution < -0.4 is 4.74 Å². The largest absolute Gasteiger partial charge is 0.480 e. The lowest BCUT2D eigenvalue weighted by Gasteiger charge is -2.07. The molecule has 2 aromatic heterocycles. The average molecular weight is 229 g/mol. The number of halogens is 1. The summed E-state index contributed by atoms with van der Waals surface area (Å²) in [5.41, 5.74) is 1.21. The van der Waals surface area contributed by atoms with Gasteiger partial charge >= 0.3 is 0 Å². The van der Waals surface area contributed by atoms with Crippen LogP contribution in [0, 0.1) is 17.3 Å². The van der Waals surface area contributed by atoms with Crippen molar-refractivity contribution in [1.82, 2.24) is 9.97 Å². The molecular formula is C12H8FN3O. The van der Waals surface area contributed by atoms with Crippen molar-refractivity contribution in [1.29, 1.82) is 5.26 Å². The highest BCUT2D eigenvalue weighted by Gasteiger charge is 2.13. The number of aromatic nitrogens is 2. The highest BCUT2D eigenvalue weighted by molar-refractivity contribution is 5.69. The minimum atomic E-state index is -0.831. The summed E-state index contributed by atoms with van der Waals surface area (Å²) in [6.07, 6.45) is 3.20. The molecule has 0 atom stereocenters. The van der Waals surface area contributed by atoms with E-state index < -0.39 is 5.95 Å². The van der Waals surface area contributed by atoms with E-state index in [2.05, 4.69) is 9.97 Å². The highest BCUT2D eigenvalue weighted by atomic mass is 19.1. The smallest absolute Gasteiger partial charge is 0.234 e. The first-order chi connectivity index (χ1) is 8.26. The van der Waals surface area contributed by atoms with Gasteiger partial charge in [-0.05, 0) is 23.8 Å². The monoisotopic (exact) mass is 229 g/mol. The Morgan fingerprint density at radius 2 is 2.06 bits per heavy atom. The second kappa shape index (κ2) is 4.58. The first-order valence-electron chi connectivity index (χ1n) is 4.81. The molecule has 4 nitrogen and oxygen atoms in total. The fourth-order valence-electron chi connectivity index (χ4n) is 1.45. The van der Waals surface area contributed by atoms with Crippen LogP contribution in [-0.2, 0) is 0 Å². The third-order valence-electron chi connectivity index (χ3n) is 2.25. The van der Waals surface area contributed by atoms with Crippen molar-refractivity contribution in [3.63, 3.8) is 0 Å². The van der Waals surface area contributed by atoms with E-state index in [-0.39, 0.29) is 11.4 Å². The molecule has 0 aliphatic rings. The Labute approximate surface area is 97.3 Å². The molecule has 0 bridgehead atoms. The van der Waals surface area contributed by atoms with E-state index in [1.54, 1.807) is 30.6 Å². The summed E-state index contributed by atoms with van der Waals surface area (Å²) in [6, 6.07) is 6.63. The molecule has 0 aromatic carbocycles. The van der Waals surface area contributed by atoms with Crippen molar-refractivity contribution in [3.8, 4) is 23.1 Å². The zero-order valence-corrected chi connectivity index (χ0v) is 9.01. The fourth-order valence-corrected chi connectivity index (χ4v) is 1.45. The van der Waals surface area contributed by atoms with Gasteiger partial charge < -0.3 is 4.74 Å². The lowest BCUT2D eigenvalue weighted by Crippen LogP contribution is -1.97. The van der Waals surface area contributed by atoms with Gasteiger partial charge in [-0.2, -0.15) is 14.6 Å². The molecule has 0 spiro atoms. The van der Waals surface area contributed by atoms with Crippen LogP contribution in [0.3, 0.4) is 0 Å². The van der Waals surface area contributed by atoms with Crippen LogP contribution >= 0.6 is 0 Å². The summed E-state index contributed by atoms with van der Waals surface area (Å²) in [7, 11) is 1.40. The van der Waals surface area contributed by atoms with E-state index in [0.717, 1.165) is 5.56 Å². The van der Waals surface area contributed by atoms with Gasteiger partial charge in [-0.1, -0.05) is 0 Å².